The monoisotopic (exact) mass is 153 g/mol. The van der Waals surface area contributed by atoms with Crippen molar-refractivity contribution in [1.29, 1.82) is 0 Å². The number of hydrogen-bond acceptors (Lipinski definition) is 1. The van der Waals surface area contributed by atoms with Gasteiger partial charge in [-0.1, -0.05) is 6.42 Å². The quantitative estimate of drug-likeness (QED) is 0.640. The van der Waals surface area contributed by atoms with Crippen LogP contribution in [-0.4, -0.2) is 13.1 Å². The fourth-order valence-electron chi connectivity index (χ4n) is 3.12. The molecule has 2 saturated carbocycles. The zero-order chi connectivity index (χ0) is 7.84. The molecule has 1 nitrogen and oxygen atoms in total. The minimum Gasteiger partial charge on any atom is -0.317 e. The molecular weight excluding hydrogens is 134 g/mol. The maximum absolute atomic E-state index is 3.39. The summed E-state index contributed by atoms with van der Waals surface area (Å²) in [6.45, 7) is 2.34. The molecule has 2 rings (SSSR count). The lowest BCUT2D eigenvalue weighted by molar-refractivity contribution is 0.269. The molecule has 0 aliphatic heterocycles. The number of nitrogens with one attached hydrogen (secondary N) is 1. The Balaban J connectivity index is 1.96. The summed E-state index contributed by atoms with van der Waals surface area (Å²) in [5, 5.41) is 3.39. The Morgan fingerprint density at radius 1 is 1.27 bits per heavy atom. The Kier molecular flexibility index (Phi) is 1.92. The molecule has 1 heteroatoms. The van der Waals surface area contributed by atoms with Gasteiger partial charge in [-0.3, -0.25) is 0 Å². The predicted octanol–water partition coefficient (Wildman–Crippen LogP) is 2.03. The summed E-state index contributed by atoms with van der Waals surface area (Å²) >= 11 is 0. The maximum atomic E-state index is 3.39. The fourth-order valence-corrected chi connectivity index (χ4v) is 3.12. The van der Waals surface area contributed by atoms with Crippen LogP contribution in [0.2, 0.25) is 0 Å². The normalized spacial score (nSPS) is 44.7. The molecule has 0 unspecified atom stereocenters. The summed E-state index contributed by atoms with van der Waals surface area (Å²) in [5.74, 6) is 3.17. The second-order valence-corrected chi connectivity index (χ2v) is 4.42. The lowest BCUT2D eigenvalue weighted by Crippen LogP contribution is -2.33. The highest BCUT2D eigenvalue weighted by molar-refractivity contribution is 4.93. The second-order valence-electron chi connectivity index (χ2n) is 4.42. The molecule has 0 radical (unpaired) electrons. The van der Waals surface area contributed by atoms with Crippen LogP contribution in [0.15, 0.2) is 0 Å². The van der Waals surface area contributed by atoms with E-state index in [0.717, 1.165) is 23.8 Å². The van der Waals surface area contributed by atoms with Crippen LogP contribution >= 0.6 is 0 Å². The first kappa shape index (κ1) is 7.60. The van der Waals surface area contributed by atoms with Crippen molar-refractivity contribution >= 4 is 0 Å². The van der Waals surface area contributed by atoms with E-state index in [9.17, 15) is 0 Å². The summed E-state index contributed by atoms with van der Waals surface area (Å²) in [6, 6.07) is 0.755. The molecule has 4 atom stereocenters. The molecule has 1 N–H and O–H groups in total. The molecule has 0 spiro atoms. The molecule has 0 saturated heterocycles. The van der Waals surface area contributed by atoms with Crippen LogP contribution in [0.4, 0.5) is 0 Å². The van der Waals surface area contributed by atoms with Crippen LogP contribution in [0.1, 0.15) is 32.6 Å². The van der Waals surface area contributed by atoms with Gasteiger partial charge in [0.15, 0.2) is 0 Å². The van der Waals surface area contributed by atoms with Crippen molar-refractivity contribution in [2.45, 2.75) is 38.6 Å². The molecule has 0 heterocycles. The molecule has 11 heavy (non-hydrogen) atoms. The second kappa shape index (κ2) is 2.78. The molecular formula is C10H19N. The summed E-state index contributed by atoms with van der Waals surface area (Å²) in [5.41, 5.74) is 0. The van der Waals surface area contributed by atoms with Gasteiger partial charge in [0.1, 0.15) is 0 Å². The van der Waals surface area contributed by atoms with Crippen molar-refractivity contribution in [3.05, 3.63) is 0 Å². The Bertz CT molecular complexity index is 144. The van der Waals surface area contributed by atoms with Crippen LogP contribution in [0.25, 0.3) is 0 Å². The Labute approximate surface area is 69.6 Å². The zero-order valence-corrected chi connectivity index (χ0v) is 7.64. The largest absolute Gasteiger partial charge is 0.317 e. The molecule has 0 amide bonds. The van der Waals surface area contributed by atoms with E-state index in [1.807, 2.05) is 0 Å². The number of fused-ring (bicyclic) bond motifs is 2. The zero-order valence-electron chi connectivity index (χ0n) is 7.64. The van der Waals surface area contributed by atoms with Gasteiger partial charge >= 0.3 is 0 Å². The molecule has 2 fully saturated rings. The lowest BCUT2D eigenvalue weighted by Gasteiger charge is -2.27. The van der Waals surface area contributed by atoms with Gasteiger partial charge in [-0.2, -0.15) is 0 Å². The van der Waals surface area contributed by atoms with Gasteiger partial charge in [0.05, 0.1) is 0 Å². The third kappa shape index (κ3) is 1.20. The van der Waals surface area contributed by atoms with Gasteiger partial charge in [-0.15, -0.1) is 0 Å². The standard InChI is InChI=1S/C10H19N/c1-7(11-2)10-6-8-3-4-9(10)5-8/h7-11H,3-6H2,1-2H3/t7-,8+,9+,10+/m1/s1. The van der Waals surface area contributed by atoms with Gasteiger partial charge < -0.3 is 5.32 Å². The highest BCUT2D eigenvalue weighted by Gasteiger charge is 2.41. The Hall–Kier alpha value is -0.0400. The molecule has 2 aliphatic rings. The Morgan fingerprint density at radius 3 is 2.55 bits per heavy atom. The molecule has 0 aromatic heterocycles. The van der Waals surface area contributed by atoms with Gasteiger partial charge in [0.2, 0.25) is 0 Å². The van der Waals surface area contributed by atoms with Crippen LogP contribution in [0.5, 0.6) is 0 Å². The molecule has 2 bridgehead atoms. The topological polar surface area (TPSA) is 12.0 Å². The van der Waals surface area contributed by atoms with Crippen LogP contribution < -0.4 is 5.32 Å². The summed E-state index contributed by atoms with van der Waals surface area (Å²) in [6.07, 6.45) is 6.09. The van der Waals surface area contributed by atoms with Gasteiger partial charge in [0.25, 0.3) is 0 Å². The highest BCUT2D eigenvalue weighted by atomic mass is 14.9. The summed E-state index contributed by atoms with van der Waals surface area (Å²) in [4.78, 5) is 0. The fraction of sp³-hybridized carbons (Fsp3) is 1.00. The SMILES string of the molecule is CN[C@H](C)[C@@H]1C[C@H]2CC[C@H]1C2. The smallest absolute Gasteiger partial charge is 0.00667 e. The van der Waals surface area contributed by atoms with Crippen molar-refractivity contribution in [1.82, 2.24) is 5.32 Å². The van der Waals surface area contributed by atoms with Gasteiger partial charge in [0, 0.05) is 6.04 Å². The van der Waals surface area contributed by atoms with E-state index in [0.29, 0.717) is 0 Å². The molecule has 64 valence electrons. The number of rotatable bonds is 2. The first-order chi connectivity index (χ1) is 5.31. The maximum Gasteiger partial charge on any atom is 0.00667 e. The van der Waals surface area contributed by atoms with E-state index in [1.165, 1.54) is 25.7 Å². The number of hydrogen-bond donors (Lipinski definition) is 1. The van der Waals surface area contributed by atoms with Crippen molar-refractivity contribution in [3.8, 4) is 0 Å². The third-order valence-corrected chi connectivity index (χ3v) is 3.89. The summed E-state index contributed by atoms with van der Waals surface area (Å²) in [7, 11) is 2.09. The van der Waals surface area contributed by atoms with Gasteiger partial charge in [-0.05, 0) is 51.0 Å². The minimum atomic E-state index is 0.755. The van der Waals surface area contributed by atoms with E-state index in [2.05, 4.69) is 19.3 Å². The molecule has 0 aromatic carbocycles. The Morgan fingerprint density at radius 2 is 2.09 bits per heavy atom. The first-order valence-corrected chi connectivity index (χ1v) is 4.98. The predicted molar refractivity (Wildman–Crippen MR) is 47.5 cm³/mol. The third-order valence-electron chi connectivity index (χ3n) is 3.89. The van der Waals surface area contributed by atoms with Crippen molar-refractivity contribution < 1.29 is 0 Å². The lowest BCUT2D eigenvalue weighted by atomic mass is 9.84. The van der Waals surface area contributed by atoms with Crippen molar-refractivity contribution in [3.63, 3.8) is 0 Å². The first-order valence-electron chi connectivity index (χ1n) is 4.98. The van der Waals surface area contributed by atoms with Gasteiger partial charge in [-0.25, -0.2) is 0 Å². The highest BCUT2D eigenvalue weighted by Crippen LogP contribution is 2.49. The average Bonchev–Trinajstić information content (AvgIpc) is 2.62. The van der Waals surface area contributed by atoms with Crippen LogP contribution in [0, 0.1) is 17.8 Å². The van der Waals surface area contributed by atoms with E-state index < -0.39 is 0 Å². The molecule has 0 aromatic rings. The van der Waals surface area contributed by atoms with Crippen LogP contribution in [0.3, 0.4) is 0 Å². The van der Waals surface area contributed by atoms with E-state index >= 15 is 0 Å². The van der Waals surface area contributed by atoms with E-state index in [1.54, 1.807) is 0 Å². The van der Waals surface area contributed by atoms with E-state index in [-0.39, 0.29) is 0 Å². The van der Waals surface area contributed by atoms with E-state index in [4.69, 9.17) is 0 Å². The van der Waals surface area contributed by atoms with Crippen molar-refractivity contribution in [2.75, 3.05) is 7.05 Å². The summed E-state index contributed by atoms with van der Waals surface area (Å²) < 4.78 is 0. The molecule has 2 aliphatic carbocycles. The van der Waals surface area contributed by atoms with Crippen LogP contribution in [-0.2, 0) is 0 Å². The van der Waals surface area contributed by atoms with Crippen molar-refractivity contribution in [2.24, 2.45) is 17.8 Å². The minimum absolute atomic E-state index is 0.755. The average molecular weight is 153 g/mol.